The Balaban J connectivity index is 1.54. The monoisotopic (exact) mass is 277 g/mol. The number of Topliss-reactive ketones (excluding diaryl/α,β-unsaturated/α-hetero) is 1. The summed E-state index contributed by atoms with van der Waals surface area (Å²) in [5.41, 5.74) is 0.672. The topological polar surface area (TPSA) is 59.0 Å². The van der Waals surface area contributed by atoms with Crippen molar-refractivity contribution in [3.63, 3.8) is 0 Å². The van der Waals surface area contributed by atoms with Crippen molar-refractivity contribution in [2.45, 2.75) is 25.4 Å². The third-order valence-corrected chi connectivity index (χ3v) is 3.91. The fourth-order valence-corrected chi connectivity index (χ4v) is 2.62. The fourth-order valence-electron chi connectivity index (χ4n) is 2.62. The van der Waals surface area contributed by atoms with Gasteiger partial charge in [0.1, 0.15) is 0 Å². The maximum absolute atomic E-state index is 12.2. The molecule has 20 heavy (non-hydrogen) atoms. The van der Waals surface area contributed by atoms with Crippen molar-refractivity contribution in [1.29, 1.82) is 0 Å². The number of hydrogen-bond donors (Lipinski definition) is 1. The third kappa shape index (κ3) is 2.94. The van der Waals surface area contributed by atoms with Crippen LogP contribution in [0.1, 0.15) is 29.6 Å². The molecule has 0 aromatic heterocycles. The Morgan fingerprint density at radius 1 is 1.25 bits per heavy atom. The highest BCUT2D eigenvalue weighted by molar-refractivity contribution is 5.96. The number of piperidine rings is 1. The molecular formula is C15H19NO4. The standard InChI is InChI=1S/C15H19NO4/c17-12-3-6-16(7-4-12)8-5-13(18)11-1-2-14-15(9-11)20-10-19-14/h1-2,9,12,17H,3-8,10H2. The Morgan fingerprint density at radius 3 is 2.80 bits per heavy atom. The lowest BCUT2D eigenvalue weighted by molar-refractivity contribution is 0.0778. The molecule has 0 aliphatic carbocycles. The summed E-state index contributed by atoms with van der Waals surface area (Å²) in [6.07, 6.45) is 1.93. The molecule has 5 nitrogen and oxygen atoms in total. The minimum absolute atomic E-state index is 0.120. The zero-order valence-electron chi connectivity index (χ0n) is 11.4. The van der Waals surface area contributed by atoms with Gasteiger partial charge < -0.3 is 19.5 Å². The molecule has 1 aromatic rings. The van der Waals surface area contributed by atoms with E-state index in [-0.39, 0.29) is 18.7 Å². The number of carbonyl (C=O) groups excluding carboxylic acids is 1. The van der Waals surface area contributed by atoms with Gasteiger partial charge in [0.15, 0.2) is 17.3 Å². The summed E-state index contributed by atoms with van der Waals surface area (Å²) >= 11 is 0. The van der Waals surface area contributed by atoms with Gasteiger partial charge in [-0.1, -0.05) is 0 Å². The van der Waals surface area contributed by atoms with Crippen molar-refractivity contribution in [3.8, 4) is 11.5 Å². The Bertz CT molecular complexity index is 495. The van der Waals surface area contributed by atoms with E-state index in [1.807, 2.05) is 0 Å². The smallest absolute Gasteiger partial charge is 0.231 e. The van der Waals surface area contributed by atoms with Crippen LogP contribution in [-0.2, 0) is 0 Å². The molecule has 1 N–H and O–H groups in total. The van der Waals surface area contributed by atoms with Gasteiger partial charge >= 0.3 is 0 Å². The first-order chi connectivity index (χ1) is 9.72. The van der Waals surface area contributed by atoms with Crippen LogP contribution in [0.4, 0.5) is 0 Å². The van der Waals surface area contributed by atoms with Crippen molar-refractivity contribution >= 4 is 5.78 Å². The lowest BCUT2D eigenvalue weighted by Gasteiger charge is -2.29. The van der Waals surface area contributed by atoms with E-state index in [0.717, 1.165) is 32.5 Å². The zero-order valence-corrected chi connectivity index (χ0v) is 11.4. The number of rotatable bonds is 4. The zero-order chi connectivity index (χ0) is 13.9. The van der Waals surface area contributed by atoms with Gasteiger partial charge in [-0.2, -0.15) is 0 Å². The molecular weight excluding hydrogens is 258 g/mol. The Hall–Kier alpha value is -1.59. The van der Waals surface area contributed by atoms with E-state index in [1.54, 1.807) is 18.2 Å². The summed E-state index contributed by atoms with van der Waals surface area (Å²) in [7, 11) is 0. The molecule has 0 saturated carbocycles. The first kappa shape index (κ1) is 13.4. The average Bonchev–Trinajstić information content (AvgIpc) is 2.93. The van der Waals surface area contributed by atoms with Gasteiger partial charge in [-0.15, -0.1) is 0 Å². The first-order valence-electron chi connectivity index (χ1n) is 7.05. The van der Waals surface area contributed by atoms with Crippen LogP contribution in [0.25, 0.3) is 0 Å². The molecule has 0 radical (unpaired) electrons. The molecule has 0 amide bonds. The number of ether oxygens (including phenoxy) is 2. The van der Waals surface area contributed by atoms with Gasteiger partial charge in [0.2, 0.25) is 6.79 Å². The maximum Gasteiger partial charge on any atom is 0.231 e. The fraction of sp³-hybridized carbons (Fsp3) is 0.533. The van der Waals surface area contributed by atoms with Gasteiger partial charge in [-0.05, 0) is 31.0 Å². The molecule has 2 heterocycles. The van der Waals surface area contributed by atoms with Gasteiger partial charge in [-0.3, -0.25) is 4.79 Å². The summed E-state index contributed by atoms with van der Waals surface area (Å²) in [5.74, 6) is 1.47. The van der Waals surface area contributed by atoms with Crippen LogP contribution in [0.3, 0.4) is 0 Å². The van der Waals surface area contributed by atoms with E-state index >= 15 is 0 Å². The molecule has 0 unspecified atom stereocenters. The SMILES string of the molecule is O=C(CCN1CCC(O)CC1)c1ccc2c(c1)OCO2. The van der Waals surface area contributed by atoms with Crippen LogP contribution in [0.5, 0.6) is 11.5 Å². The number of likely N-dealkylation sites (tertiary alicyclic amines) is 1. The quantitative estimate of drug-likeness (QED) is 0.844. The van der Waals surface area contributed by atoms with Crippen molar-refractivity contribution in [2.75, 3.05) is 26.4 Å². The molecule has 108 valence electrons. The number of fused-ring (bicyclic) bond motifs is 1. The number of carbonyl (C=O) groups is 1. The predicted octanol–water partition coefficient (Wildman–Crippen LogP) is 1.44. The molecule has 0 bridgehead atoms. The molecule has 3 rings (SSSR count). The summed E-state index contributed by atoms with van der Waals surface area (Å²) in [6, 6.07) is 5.33. The molecule has 2 aliphatic rings. The third-order valence-electron chi connectivity index (χ3n) is 3.91. The molecule has 1 fully saturated rings. The predicted molar refractivity (Wildman–Crippen MR) is 73.2 cm³/mol. The largest absolute Gasteiger partial charge is 0.454 e. The molecule has 5 heteroatoms. The van der Waals surface area contributed by atoms with Crippen LogP contribution in [0, 0.1) is 0 Å². The van der Waals surface area contributed by atoms with Gasteiger partial charge in [0.25, 0.3) is 0 Å². The highest BCUT2D eigenvalue weighted by Gasteiger charge is 2.19. The Morgan fingerprint density at radius 2 is 2.00 bits per heavy atom. The number of nitrogens with zero attached hydrogens (tertiary/aromatic N) is 1. The summed E-state index contributed by atoms with van der Waals surface area (Å²) in [5, 5.41) is 9.45. The number of benzene rings is 1. The molecule has 2 aliphatic heterocycles. The Labute approximate surface area is 118 Å². The van der Waals surface area contributed by atoms with Gasteiger partial charge in [0, 0.05) is 31.6 Å². The second-order valence-corrected chi connectivity index (χ2v) is 5.31. The first-order valence-corrected chi connectivity index (χ1v) is 7.05. The minimum Gasteiger partial charge on any atom is -0.454 e. The molecule has 0 atom stereocenters. The van der Waals surface area contributed by atoms with E-state index in [0.29, 0.717) is 23.5 Å². The van der Waals surface area contributed by atoms with Crippen LogP contribution in [0.2, 0.25) is 0 Å². The second-order valence-electron chi connectivity index (χ2n) is 5.31. The van der Waals surface area contributed by atoms with Crippen molar-refractivity contribution in [2.24, 2.45) is 0 Å². The van der Waals surface area contributed by atoms with Crippen LogP contribution >= 0.6 is 0 Å². The number of aliphatic hydroxyl groups is 1. The van der Waals surface area contributed by atoms with E-state index in [4.69, 9.17) is 9.47 Å². The summed E-state index contributed by atoms with van der Waals surface area (Å²) < 4.78 is 10.5. The van der Waals surface area contributed by atoms with Crippen molar-refractivity contribution < 1.29 is 19.4 Å². The van der Waals surface area contributed by atoms with Crippen LogP contribution in [0.15, 0.2) is 18.2 Å². The van der Waals surface area contributed by atoms with E-state index in [9.17, 15) is 9.90 Å². The average molecular weight is 277 g/mol. The molecule has 1 saturated heterocycles. The van der Waals surface area contributed by atoms with Crippen LogP contribution in [-0.4, -0.2) is 48.3 Å². The number of ketones is 1. The second kappa shape index (κ2) is 5.81. The van der Waals surface area contributed by atoms with E-state index < -0.39 is 0 Å². The number of aliphatic hydroxyl groups excluding tert-OH is 1. The normalized spacial score (nSPS) is 19.2. The maximum atomic E-state index is 12.2. The van der Waals surface area contributed by atoms with Crippen molar-refractivity contribution in [1.82, 2.24) is 4.90 Å². The van der Waals surface area contributed by atoms with E-state index in [2.05, 4.69) is 4.90 Å². The van der Waals surface area contributed by atoms with Crippen molar-refractivity contribution in [3.05, 3.63) is 23.8 Å². The summed E-state index contributed by atoms with van der Waals surface area (Å²) in [6.45, 7) is 2.72. The molecule has 1 aromatic carbocycles. The Kier molecular flexibility index (Phi) is 3.89. The highest BCUT2D eigenvalue weighted by atomic mass is 16.7. The van der Waals surface area contributed by atoms with Crippen LogP contribution < -0.4 is 9.47 Å². The lowest BCUT2D eigenvalue weighted by atomic mass is 10.1. The minimum atomic E-state index is -0.171. The summed E-state index contributed by atoms with van der Waals surface area (Å²) in [4.78, 5) is 14.4. The van der Waals surface area contributed by atoms with Gasteiger partial charge in [-0.25, -0.2) is 0 Å². The van der Waals surface area contributed by atoms with E-state index in [1.165, 1.54) is 0 Å². The number of hydrogen-bond acceptors (Lipinski definition) is 5. The molecule has 0 spiro atoms. The lowest BCUT2D eigenvalue weighted by Crippen LogP contribution is -2.37. The van der Waals surface area contributed by atoms with Gasteiger partial charge in [0.05, 0.1) is 6.10 Å². The highest BCUT2D eigenvalue weighted by Crippen LogP contribution is 2.32.